The lowest BCUT2D eigenvalue weighted by molar-refractivity contribution is 0.104. The second-order valence-corrected chi connectivity index (χ2v) is 4.51. The van der Waals surface area contributed by atoms with Gasteiger partial charge in [-0.2, -0.15) is 0 Å². The molecule has 1 aromatic rings. The largest absolute Gasteiger partial charge is 0.396 e. The molecule has 19 heavy (non-hydrogen) atoms. The minimum absolute atomic E-state index is 0.188. The topological polar surface area (TPSA) is 29.5 Å². The third kappa shape index (κ3) is 4.51. The molecule has 0 atom stereocenters. The predicted molar refractivity (Wildman–Crippen MR) is 78.7 cm³/mol. The Labute approximate surface area is 114 Å². The lowest BCUT2D eigenvalue weighted by Crippen LogP contribution is -1.97. The molecule has 0 fully saturated rings. The second-order valence-electron chi connectivity index (χ2n) is 4.51. The van der Waals surface area contributed by atoms with E-state index in [1.807, 2.05) is 0 Å². The first-order valence-corrected chi connectivity index (χ1v) is 6.71. The average Bonchev–Trinajstić information content (AvgIpc) is 2.73. The van der Waals surface area contributed by atoms with Crippen LogP contribution in [0.5, 0.6) is 0 Å². The maximum absolute atomic E-state index is 8.67. The van der Waals surface area contributed by atoms with E-state index in [1.54, 1.807) is 0 Å². The van der Waals surface area contributed by atoms with Crippen LogP contribution in [0.3, 0.4) is 0 Å². The molecular formula is C17H20O2. The molecule has 100 valence electrons. The zero-order chi connectivity index (χ0) is 13.3. The van der Waals surface area contributed by atoms with Gasteiger partial charge in [0, 0.05) is 13.2 Å². The number of ether oxygens (including phenoxy) is 1. The molecular weight excluding hydrogens is 236 g/mol. The van der Waals surface area contributed by atoms with Gasteiger partial charge >= 0.3 is 0 Å². The van der Waals surface area contributed by atoms with Gasteiger partial charge in [0.05, 0.1) is 6.61 Å². The average molecular weight is 256 g/mol. The summed E-state index contributed by atoms with van der Waals surface area (Å²) in [5, 5.41) is 8.67. The number of hydrogen-bond acceptors (Lipinski definition) is 2. The van der Waals surface area contributed by atoms with Crippen LogP contribution in [0, 0.1) is 0 Å². The smallest absolute Gasteiger partial charge is 0.0716 e. The maximum Gasteiger partial charge on any atom is 0.0716 e. The SMILES string of the molecule is OCCCOCc1ccc(C2=CCC=CC=C2)cc1. The number of hydrogen-bond donors (Lipinski definition) is 1. The first-order chi connectivity index (χ1) is 9.40. The van der Waals surface area contributed by atoms with Crippen molar-refractivity contribution in [2.45, 2.75) is 19.4 Å². The zero-order valence-corrected chi connectivity index (χ0v) is 11.1. The molecule has 0 heterocycles. The molecule has 0 aliphatic heterocycles. The van der Waals surface area contributed by atoms with E-state index in [-0.39, 0.29) is 6.61 Å². The molecule has 2 rings (SSSR count). The van der Waals surface area contributed by atoms with E-state index in [4.69, 9.17) is 9.84 Å². The van der Waals surface area contributed by atoms with Gasteiger partial charge in [-0.25, -0.2) is 0 Å². The molecule has 1 aliphatic carbocycles. The third-order valence-corrected chi connectivity index (χ3v) is 3.00. The van der Waals surface area contributed by atoms with E-state index in [2.05, 4.69) is 54.6 Å². The van der Waals surface area contributed by atoms with Crippen molar-refractivity contribution in [3.8, 4) is 0 Å². The lowest BCUT2D eigenvalue weighted by atomic mass is 10.0. The van der Waals surface area contributed by atoms with Crippen molar-refractivity contribution >= 4 is 5.57 Å². The maximum atomic E-state index is 8.67. The Hall–Kier alpha value is -1.64. The van der Waals surface area contributed by atoms with Crippen molar-refractivity contribution in [2.24, 2.45) is 0 Å². The molecule has 1 aliphatic rings. The Morgan fingerprint density at radius 3 is 2.74 bits per heavy atom. The van der Waals surface area contributed by atoms with Crippen molar-refractivity contribution in [1.29, 1.82) is 0 Å². The molecule has 0 unspecified atom stereocenters. The molecule has 0 aromatic heterocycles. The first-order valence-electron chi connectivity index (χ1n) is 6.71. The summed E-state index contributed by atoms with van der Waals surface area (Å²) in [6.07, 6.45) is 12.3. The first kappa shape index (κ1) is 13.8. The lowest BCUT2D eigenvalue weighted by Gasteiger charge is -2.06. The van der Waals surface area contributed by atoms with Crippen LogP contribution in [-0.2, 0) is 11.3 Å². The Morgan fingerprint density at radius 2 is 1.95 bits per heavy atom. The molecule has 2 nitrogen and oxygen atoms in total. The van der Waals surface area contributed by atoms with Crippen LogP contribution in [0.15, 0.2) is 54.6 Å². The van der Waals surface area contributed by atoms with E-state index in [0.717, 1.165) is 12.0 Å². The van der Waals surface area contributed by atoms with Gasteiger partial charge in [0.2, 0.25) is 0 Å². The molecule has 0 saturated carbocycles. The quantitative estimate of drug-likeness (QED) is 0.789. The van der Waals surface area contributed by atoms with E-state index >= 15 is 0 Å². The Kier molecular flexibility index (Phi) is 5.60. The van der Waals surface area contributed by atoms with Crippen LogP contribution < -0.4 is 0 Å². The van der Waals surface area contributed by atoms with E-state index in [0.29, 0.717) is 19.6 Å². The van der Waals surface area contributed by atoms with Crippen molar-refractivity contribution in [2.75, 3.05) is 13.2 Å². The molecule has 0 radical (unpaired) electrons. The minimum atomic E-state index is 0.188. The highest BCUT2D eigenvalue weighted by Crippen LogP contribution is 2.19. The van der Waals surface area contributed by atoms with Gasteiger partial charge in [0.25, 0.3) is 0 Å². The van der Waals surface area contributed by atoms with E-state index in [1.165, 1.54) is 11.1 Å². The van der Waals surface area contributed by atoms with Crippen LogP contribution >= 0.6 is 0 Å². The van der Waals surface area contributed by atoms with Gasteiger partial charge in [0.15, 0.2) is 0 Å². The summed E-state index contributed by atoms with van der Waals surface area (Å²) >= 11 is 0. The molecule has 0 amide bonds. The van der Waals surface area contributed by atoms with Crippen molar-refractivity contribution < 1.29 is 9.84 Å². The number of rotatable bonds is 6. The number of allylic oxidation sites excluding steroid dienone is 6. The fourth-order valence-corrected chi connectivity index (χ4v) is 1.94. The third-order valence-electron chi connectivity index (χ3n) is 3.00. The van der Waals surface area contributed by atoms with Crippen LogP contribution in [0.2, 0.25) is 0 Å². The molecule has 0 saturated heterocycles. The Morgan fingerprint density at radius 1 is 1.11 bits per heavy atom. The fraction of sp³-hybridized carbons (Fsp3) is 0.294. The van der Waals surface area contributed by atoms with Crippen molar-refractivity contribution in [3.63, 3.8) is 0 Å². The van der Waals surface area contributed by atoms with Crippen LogP contribution in [0.4, 0.5) is 0 Å². The van der Waals surface area contributed by atoms with E-state index in [9.17, 15) is 0 Å². The monoisotopic (exact) mass is 256 g/mol. The number of benzene rings is 1. The standard InChI is InChI=1S/C17H20O2/c18-12-5-13-19-14-15-8-10-17(11-9-15)16-6-3-1-2-4-7-16/h1-3,6-11,18H,4-5,12-14H2. The summed E-state index contributed by atoms with van der Waals surface area (Å²) < 4.78 is 5.47. The summed E-state index contributed by atoms with van der Waals surface area (Å²) in [6, 6.07) is 8.46. The summed E-state index contributed by atoms with van der Waals surface area (Å²) in [5.41, 5.74) is 3.66. The summed E-state index contributed by atoms with van der Waals surface area (Å²) in [5.74, 6) is 0. The molecule has 1 N–H and O–H groups in total. The minimum Gasteiger partial charge on any atom is -0.396 e. The number of aliphatic hydroxyl groups is 1. The highest BCUT2D eigenvalue weighted by Gasteiger charge is 2.00. The predicted octanol–water partition coefficient (Wildman–Crippen LogP) is 3.49. The zero-order valence-electron chi connectivity index (χ0n) is 11.1. The Balaban J connectivity index is 1.93. The van der Waals surface area contributed by atoms with Crippen molar-refractivity contribution in [3.05, 3.63) is 65.8 Å². The summed E-state index contributed by atoms with van der Waals surface area (Å²) in [4.78, 5) is 0. The van der Waals surface area contributed by atoms with Gasteiger partial charge in [-0.1, -0.05) is 54.6 Å². The highest BCUT2D eigenvalue weighted by atomic mass is 16.5. The van der Waals surface area contributed by atoms with Crippen molar-refractivity contribution in [1.82, 2.24) is 0 Å². The van der Waals surface area contributed by atoms with Gasteiger partial charge in [-0.05, 0) is 29.5 Å². The molecule has 0 spiro atoms. The van der Waals surface area contributed by atoms with Crippen LogP contribution in [-0.4, -0.2) is 18.3 Å². The molecule has 1 aromatic carbocycles. The number of aliphatic hydroxyl groups excluding tert-OH is 1. The molecule has 2 heteroatoms. The highest BCUT2D eigenvalue weighted by molar-refractivity contribution is 5.74. The Bertz CT molecular complexity index is 467. The van der Waals surface area contributed by atoms with Gasteiger partial charge < -0.3 is 9.84 Å². The summed E-state index contributed by atoms with van der Waals surface area (Å²) in [7, 11) is 0. The summed E-state index contributed by atoms with van der Waals surface area (Å²) in [6.45, 7) is 1.40. The van der Waals surface area contributed by atoms with Crippen LogP contribution in [0.25, 0.3) is 5.57 Å². The fourth-order valence-electron chi connectivity index (χ4n) is 1.94. The van der Waals surface area contributed by atoms with Gasteiger partial charge in [0.1, 0.15) is 0 Å². The molecule has 0 bridgehead atoms. The second kappa shape index (κ2) is 7.72. The van der Waals surface area contributed by atoms with Gasteiger partial charge in [-0.15, -0.1) is 0 Å². The van der Waals surface area contributed by atoms with E-state index < -0.39 is 0 Å². The van der Waals surface area contributed by atoms with Gasteiger partial charge in [-0.3, -0.25) is 0 Å². The van der Waals surface area contributed by atoms with Crippen LogP contribution in [0.1, 0.15) is 24.0 Å². The normalized spacial score (nSPS) is 14.3.